The molecule has 1 N–H and O–H groups in total. The van der Waals surface area contributed by atoms with Gasteiger partial charge in [0.2, 0.25) is 0 Å². The zero-order valence-electron chi connectivity index (χ0n) is 13.6. The van der Waals surface area contributed by atoms with E-state index >= 15 is 0 Å². The number of benzene rings is 1. The molecule has 0 unspecified atom stereocenters. The molecule has 25 heavy (non-hydrogen) atoms. The van der Waals surface area contributed by atoms with E-state index < -0.39 is 0 Å². The minimum absolute atomic E-state index is 0.0225. The summed E-state index contributed by atoms with van der Waals surface area (Å²) in [5, 5.41) is 2.72. The molecule has 1 aliphatic rings. The molecule has 2 aromatic rings. The van der Waals surface area contributed by atoms with Crippen molar-refractivity contribution >= 4 is 17.5 Å². The lowest BCUT2D eigenvalue weighted by atomic mass is 10.3. The predicted octanol–water partition coefficient (Wildman–Crippen LogP) is 0.966. The van der Waals surface area contributed by atoms with E-state index in [1.54, 1.807) is 29.2 Å². The predicted molar refractivity (Wildman–Crippen MR) is 89.3 cm³/mol. The summed E-state index contributed by atoms with van der Waals surface area (Å²) in [4.78, 5) is 33.5. The van der Waals surface area contributed by atoms with Crippen LogP contribution in [0.2, 0.25) is 0 Å². The highest BCUT2D eigenvalue weighted by Gasteiger charge is 2.17. The number of amides is 2. The van der Waals surface area contributed by atoms with E-state index in [0.29, 0.717) is 37.7 Å². The Morgan fingerprint density at radius 1 is 1.16 bits per heavy atom. The standard InChI is InChI=1S/C17H18N4O4/c22-16(21-7-9-24-10-8-21)12-25-14-3-1-13(2-4-14)20-17(23)15-11-18-5-6-19-15/h1-6,11H,7-10,12H2,(H,20,23). The molecule has 8 nitrogen and oxygen atoms in total. The molecule has 0 bridgehead atoms. The van der Waals surface area contributed by atoms with Crippen LogP contribution in [0.1, 0.15) is 10.5 Å². The Labute approximate surface area is 144 Å². The third-order valence-electron chi connectivity index (χ3n) is 3.63. The first-order valence-electron chi connectivity index (χ1n) is 7.88. The first-order chi connectivity index (χ1) is 12.2. The van der Waals surface area contributed by atoms with Gasteiger partial charge in [0.1, 0.15) is 11.4 Å². The molecule has 1 aliphatic heterocycles. The lowest BCUT2D eigenvalue weighted by molar-refractivity contribution is -0.137. The van der Waals surface area contributed by atoms with Gasteiger partial charge in [0.05, 0.1) is 19.4 Å². The highest BCUT2D eigenvalue weighted by molar-refractivity contribution is 6.02. The summed E-state index contributed by atoms with van der Waals surface area (Å²) in [7, 11) is 0. The molecule has 0 atom stereocenters. The van der Waals surface area contributed by atoms with Gasteiger partial charge >= 0.3 is 0 Å². The summed E-state index contributed by atoms with van der Waals surface area (Å²) >= 11 is 0. The Hall–Kier alpha value is -3.00. The molecule has 1 saturated heterocycles. The lowest BCUT2D eigenvalue weighted by Gasteiger charge is -2.26. The van der Waals surface area contributed by atoms with Crippen LogP contribution in [0.5, 0.6) is 5.75 Å². The van der Waals surface area contributed by atoms with Gasteiger partial charge in [-0.05, 0) is 24.3 Å². The van der Waals surface area contributed by atoms with Crippen molar-refractivity contribution in [3.05, 3.63) is 48.5 Å². The van der Waals surface area contributed by atoms with Crippen molar-refractivity contribution in [2.75, 3.05) is 38.2 Å². The molecule has 1 aromatic carbocycles. The smallest absolute Gasteiger partial charge is 0.275 e. The highest BCUT2D eigenvalue weighted by atomic mass is 16.5. The van der Waals surface area contributed by atoms with Gasteiger partial charge in [0.25, 0.3) is 11.8 Å². The Bertz CT molecular complexity index is 715. The number of morpholine rings is 1. The van der Waals surface area contributed by atoms with Crippen molar-refractivity contribution in [1.29, 1.82) is 0 Å². The quantitative estimate of drug-likeness (QED) is 0.870. The van der Waals surface area contributed by atoms with E-state index in [1.165, 1.54) is 18.6 Å². The lowest BCUT2D eigenvalue weighted by Crippen LogP contribution is -2.42. The number of rotatable bonds is 5. The number of anilines is 1. The van der Waals surface area contributed by atoms with Crippen LogP contribution in [-0.2, 0) is 9.53 Å². The number of aromatic nitrogens is 2. The SMILES string of the molecule is O=C(Nc1ccc(OCC(=O)N2CCOCC2)cc1)c1cnccn1. The molecule has 0 aliphatic carbocycles. The first-order valence-corrected chi connectivity index (χ1v) is 7.88. The highest BCUT2D eigenvalue weighted by Crippen LogP contribution is 2.16. The molecule has 2 amide bonds. The van der Waals surface area contributed by atoms with Gasteiger partial charge in [-0.25, -0.2) is 4.98 Å². The number of carbonyl (C=O) groups excluding carboxylic acids is 2. The van der Waals surface area contributed by atoms with Gasteiger partial charge in [0.15, 0.2) is 6.61 Å². The van der Waals surface area contributed by atoms with Crippen molar-refractivity contribution in [3.8, 4) is 5.75 Å². The summed E-state index contributed by atoms with van der Waals surface area (Å²) in [5.74, 6) is 0.145. The van der Waals surface area contributed by atoms with Crippen molar-refractivity contribution in [3.63, 3.8) is 0 Å². The molecule has 1 aromatic heterocycles. The maximum Gasteiger partial charge on any atom is 0.275 e. The fourth-order valence-corrected chi connectivity index (χ4v) is 2.30. The molecule has 2 heterocycles. The summed E-state index contributed by atoms with van der Waals surface area (Å²) in [6.45, 7) is 2.29. The van der Waals surface area contributed by atoms with E-state index in [9.17, 15) is 9.59 Å². The fraction of sp³-hybridized carbons (Fsp3) is 0.294. The number of hydrogen-bond acceptors (Lipinski definition) is 6. The van der Waals surface area contributed by atoms with Gasteiger partial charge in [-0.2, -0.15) is 0 Å². The molecule has 0 saturated carbocycles. The minimum Gasteiger partial charge on any atom is -0.484 e. The second-order valence-corrected chi connectivity index (χ2v) is 5.35. The van der Waals surface area contributed by atoms with Crippen molar-refractivity contribution in [2.24, 2.45) is 0 Å². The zero-order chi connectivity index (χ0) is 17.5. The van der Waals surface area contributed by atoms with Crippen LogP contribution in [0.3, 0.4) is 0 Å². The van der Waals surface area contributed by atoms with Crippen LogP contribution in [0, 0.1) is 0 Å². The zero-order valence-corrected chi connectivity index (χ0v) is 13.6. The average Bonchev–Trinajstić information content (AvgIpc) is 2.68. The van der Waals surface area contributed by atoms with Crippen LogP contribution >= 0.6 is 0 Å². The van der Waals surface area contributed by atoms with E-state index in [2.05, 4.69) is 15.3 Å². The second kappa shape index (κ2) is 8.20. The van der Waals surface area contributed by atoms with Crippen LogP contribution in [-0.4, -0.2) is 59.6 Å². The number of ether oxygens (including phenoxy) is 2. The third-order valence-corrected chi connectivity index (χ3v) is 3.63. The summed E-state index contributed by atoms with van der Waals surface area (Å²) in [6, 6.07) is 6.78. The van der Waals surface area contributed by atoms with Crippen molar-refractivity contribution in [2.45, 2.75) is 0 Å². The van der Waals surface area contributed by atoms with Gasteiger partial charge in [-0.15, -0.1) is 0 Å². The minimum atomic E-state index is -0.343. The first kappa shape index (κ1) is 16.8. The third kappa shape index (κ3) is 4.74. The molecular weight excluding hydrogens is 324 g/mol. The maximum atomic E-state index is 12.0. The van der Waals surface area contributed by atoms with Gasteiger partial charge in [0, 0.05) is 31.2 Å². The number of carbonyl (C=O) groups is 2. The largest absolute Gasteiger partial charge is 0.484 e. The van der Waals surface area contributed by atoms with Crippen LogP contribution in [0.25, 0.3) is 0 Å². The van der Waals surface area contributed by atoms with Crippen molar-refractivity contribution in [1.82, 2.24) is 14.9 Å². The maximum absolute atomic E-state index is 12.0. The Morgan fingerprint density at radius 2 is 1.92 bits per heavy atom. The Morgan fingerprint density at radius 3 is 2.60 bits per heavy atom. The normalized spacial score (nSPS) is 14.0. The van der Waals surface area contributed by atoms with Gasteiger partial charge < -0.3 is 19.7 Å². The average molecular weight is 342 g/mol. The molecule has 3 rings (SSSR count). The van der Waals surface area contributed by atoms with E-state index in [4.69, 9.17) is 9.47 Å². The molecule has 0 radical (unpaired) electrons. The van der Waals surface area contributed by atoms with E-state index in [-0.39, 0.29) is 24.1 Å². The number of nitrogens with one attached hydrogen (secondary N) is 1. The van der Waals surface area contributed by atoms with Crippen LogP contribution in [0.15, 0.2) is 42.9 Å². The Kier molecular flexibility index (Phi) is 5.53. The van der Waals surface area contributed by atoms with E-state index in [1.807, 2.05) is 0 Å². The Balaban J connectivity index is 1.50. The van der Waals surface area contributed by atoms with E-state index in [0.717, 1.165) is 0 Å². The molecule has 1 fully saturated rings. The summed E-state index contributed by atoms with van der Waals surface area (Å²) in [6.07, 6.45) is 4.35. The van der Waals surface area contributed by atoms with Crippen LogP contribution in [0.4, 0.5) is 5.69 Å². The molecule has 0 spiro atoms. The number of hydrogen-bond donors (Lipinski definition) is 1. The second-order valence-electron chi connectivity index (χ2n) is 5.35. The molecule has 8 heteroatoms. The van der Waals surface area contributed by atoms with Crippen molar-refractivity contribution < 1.29 is 19.1 Å². The summed E-state index contributed by atoms with van der Waals surface area (Å²) in [5.41, 5.74) is 0.835. The monoisotopic (exact) mass is 342 g/mol. The number of nitrogens with zero attached hydrogens (tertiary/aromatic N) is 3. The summed E-state index contributed by atoms with van der Waals surface area (Å²) < 4.78 is 10.7. The molecular formula is C17H18N4O4. The van der Waals surface area contributed by atoms with Gasteiger partial charge in [-0.3, -0.25) is 14.6 Å². The fourth-order valence-electron chi connectivity index (χ4n) is 2.30. The van der Waals surface area contributed by atoms with Gasteiger partial charge in [-0.1, -0.05) is 0 Å². The molecule has 130 valence electrons. The topological polar surface area (TPSA) is 93.7 Å². The van der Waals surface area contributed by atoms with Crippen LogP contribution < -0.4 is 10.1 Å².